The van der Waals surface area contributed by atoms with Gasteiger partial charge < -0.3 is 9.64 Å². The maximum Gasteiger partial charge on any atom is 0.235 e. The number of hydrogen-bond donors (Lipinski definition) is 0. The van der Waals surface area contributed by atoms with Crippen molar-refractivity contribution < 1.29 is 105 Å². The molecule has 1 aliphatic carbocycles. The van der Waals surface area contributed by atoms with E-state index >= 15 is 0 Å². The van der Waals surface area contributed by atoms with Crippen molar-refractivity contribution in [1.82, 2.24) is 48.9 Å². The first-order chi connectivity index (χ1) is 38.5. The molecule has 12 nitrogen and oxygen atoms in total. The molecular weight excluding hydrogens is 1940 g/mol. The van der Waals surface area contributed by atoms with Crippen LogP contribution >= 0.6 is 0 Å². The van der Waals surface area contributed by atoms with Crippen LogP contribution in [0.5, 0.6) is 5.88 Å². The minimum atomic E-state index is 0. The van der Waals surface area contributed by atoms with Crippen molar-refractivity contribution in [3.05, 3.63) is 252 Å². The molecule has 0 N–H and O–H groups in total. The summed E-state index contributed by atoms with van der Waals surface area (Å²) in [6.07, 6.45) is 18.0. The van der Waals surface area contributed by atoms with Crippen LogP contribution < -0.4 is 9.64 Å². The zero-order valence-corrected chi connectivity index (χ0v) is 60.6. The Bertz CT molecular complexity index is 3460. The summed E-state index contributed by atoms with van der Waals surface area (Å²) in [5.74, 6) is 2.37. The third-order valence-corrected chi connectivity index (χ3v) is 13.3. The SMILES string of the molecule is CCc1nn(-c2[c-]cccc2)cc1C.COc1nn(-c2[c-]cccc2)cc1C.Cc1cn(-c2[c-]cccc2)nc1-c1ccccc1.Cc1cn(-c2[c-]cccc2)nc1N(C)C.Cc1nn(-c2[c-]cccc2)cc1C1CCCCC1.[Ir].[Ir].[Ir].[Ir].[Ir]. The van der Waals surface area contributed by atoms with Gasteiger partial charge in [0.1, 0.15) is 0 Å². The number of para-hydroxylation sites is 5. The maximum absolute atomic E-state index is 5.10. The fourth-order valence-electron chi connectivity index (χ4n) is 9.26. The van der Waals surface area contributed by atoms with Crippen molar-refractivity contribution in [2.45, 2.75) is 86.0 Å². The van der Waals surface area contributed by atoms with E-state index in [9.17, 15) is 0 Å². The van der Waals surface area contributed by atoms with Gasteiger partial charge in [-0.2, -0.15) is 142 Å². The third kappa shape index (κ3) is 20.2. The van der Waals surface area contributed by atoms with Gasteiger partial charge in [0.15, 0.2) is 5.82 Å². The van der Waals surface area contributed by atoms with E-state index in [0.29, 0.717) is 5.88 Å². The maximum atomic E-state index is 5.10. The van der Waals surface area contributed by atoms with E-state index in [1.807, 2.05) is 203 Å². The van der Waals surface area contributed by atoms with Gasteiger partial charge in [-0.25, -0.2) is 0 Å². The van der Waals surface area contributed by atoms with Crippen LogP contribution in [0.1, 0.15) is 84.2 Å². The van der Waals surface area contributed by atoms with Crippen molar-refractivity contribution in [1.29, 1.82) is 0 Å². The summed E-state index contributed by atoms with van der Waals surface area (Å²) in [6.45, 7) is 12.4. The van der Waals surface area contributed by atoms with Crippen molar-refractivity contribution >= 4 is 5.82 Å². The molecule has 0 bridgehead atoms. The Morgan fingerprint density at radius 2 is 0.857 bits per heavy atom. The van der Waals surface area contributed by atoms with E-state index in [-0.39, 0.29) is 101 Å². The molecule has 0 unspecified atom stereocenters. The van der Waals surface area contributed by atoms with Crippen molar-refractivity contribution in [3.63, 3.8) is 0 Å². The van der Waals surface area contributed by atoms with E-state index in [1.54, 1.807) is 11.8 Å². The second kappa shape index (κ2) is 36.9. The largest absolute Gasteiger partial charge is 0.480 e. The van der Waals surface area contributed by atoms with Crippen LogP contribution in [0.3, 0.4) is 0 Å². The monoisotopic (exact) mass is 2010 g/mol. The second-order valence-corrected chi connectivity index (χ2v) is 19.5. The number of nitrogens with zero attached hydrogens (tertiary/aromatic N) is 11. The molecule has 1 aliphatic rings. The van der Waals surface area contributed by atoms with Gasteiger partial charge in [-0.15, -0.1) is 35.4 Å². The van der Waals surface area contributed by atoms with Crippen molar-refractivity contribution in [2.75, 3.05) is 26.1 Å². The summed E-state index contributed by atoms with van der Waals surface area (Å²) in [5, 5.41) is 22.5. The summed E-state index contributed by atoms with van der Waals surface area (Å²) in [6, 6.07) is 65.3. The number of benzene rings is 6. The number of anilines is 1. The molecule has 84 heavy (non-hydrogen) atoms. The minimum Gasteiger partial charge on any atom is -0.480 e. The number of rotatable bonds is 10. The fourth-order valence-corrected chi connectivity index (χ4v) is 9.26. The Balaban J connectivity index is 0.000000272. The molecule has 0 amide bonds. The van der Waals surface area contributed by atoms with Crippen molar-refractivity contribution in [2.24, 2.45) is 0 Å². The molecule has 0 spiro atoms. The topological polar surface area (TPSA) is 102 Å². The first kappa shape index (κ1) is 72.5. The Morgan fingerprint density at radius 1 is 0.452 bits per heavy atom. The predicted octanol–water partition coefficient (Wildman–Crippen LogP) is 14.2. The van der Waals surface area contributed by atoms with Crippen LogP contribution in [0.2, 0.25) is 0 Å². The number of hydrogen-bond acceptors (Lipinski definition) is 7. The summed E-state index contributed by atoms with van der Waals surface area (Å²) in [4.78, 5) is 2.01. The summed E-state index contributed by atoms with van der Waals surface area (Å²) >= 11 is 0. The molecule has 12 rings (SSSR count). The van der Waals surface area contributed by atoms with E-state index < -0.39 is 0 Å². The molecule has 6 aromatic carbocycles. The van der Waals surface area contributed by atoms with E-state index in [0.717, 1.165) is 74.7 Å². The molecule has 5 aromatic heterocycles. The zero-order chi connectivity index (χ0) is 55.5. The Labute approximate surface area is 564 Å². The van der Waals surface area contributed by atoms with Crippen LogP contribution in [0, 0.1) is 65.0 Å². The molecule has 5 radical (unpaired) electrons. The Morgan fingerprint density at radius 3 is 1.26 bits per heavy atom. The molecule has 11 aromatic rings. The second-order valence-electron chi connectivity index (χ2n) is 19.5. The van der Waals surface area contributed by atoms with Crippen LogP contribution in [-0.2, 0) is 107 Å². The van der Waals surface area contributed by atoms with Crippen LogP contribution in [0.4, 0.5) is 5.82 Å². The quantitative estimate of drug-likeness (QED) is 0.126. The summed E-state index contributed by atoms with van der Waals surface area (Å²) in [5.41, 5.74) is 15.4. The van der Waals surface area contributed by atoms with Gasteiger partial charge in [0.2, 0.25) is 5.88 Å². The molecule has 0 saturated heterocycles. The number of aryl methyl sites for hydroxylation is 6. The first-order valence-electron chi connectivity index (χ1n) is 26.9. The molecular formula is C67H70Ir5N11O-5. The molecule has 0 atom stereocenters. The van der Waals surface area contributed by atoms with Gasteiger partial charge in [-0.3, -0.25) is 23.4 Å². The third-order valence-electron chi connectivity index (χ3n) is 13.3. The summed E-state index contributed by atoms with van der Waals surface area (Å²) < 4.78 is 14.4. The average molecular weight is 2010 g/mol. The van der Waals surface area contributed by atoms with E-state index in [2.05, 4.69) is 115 Å². The standard InChI is InChI=1S/C16H19N2.C16H13N2.C12H14N3.C12H13N2.C11H11N2O.5Ir/c1-13-16(14-8-4-2-5-9-14)12-18(17-13)15-10-6-3-7-11-15;1-13-12-18(15-10-6-3-7-11-15)17-16(13)14-8-4-2-5-9-14;1-10-9-15(13-12(10)14(2)3)11-7-5-4-6-8-11;1-3-12-10(2)9-14(13-12)11-7-5-4-6-8-11;1-9-8-13(12-11(9)14-2)10-6-4-3-5-7-10;;;;;/h3,6-7,10,12,14H,2,4-5,8-9H2,1H3;2-10,12H,1H3;4-7,9H,1-3H3;4-7,9H,3H2,1-2H3;3-6,8H,1-2H3;;;;;/q5*-1;;;;;. The van der Waals surface area contributed by atoms with Gasteiger partial charge in [0.05, 0.1) is 24.2 Å². The molecule has 449 valence electrons. The van der Waals surface area contributed by atoms with Crippen molar-refractivity contribution in [3.8, 4) is 45.6 Å². The van der Waals surface area contributed by atoms with Gasteiger partial charge in [-0.1, -0.05) is 56.5 Å². The van der Waals surface area contributed by atoms with Crippen LogP contribution in [0.25, 0.3) is 39.7 Å². The van der Waals surface area contributed by atoms with Crippen LogP contribution in [-0.4, -0.2) is 70.1 Å². The number of ether oxygens (including phenoxy) is 1. The Hall–Kier alpha value is -5.78. The zero-order valence-electron chi connectivity index (χ0n) is 48.6. The van der Waals surface area contributed by atoms with Gasteiger partial charge in [0.25, 0.3) is 0 Å². The average Bonchev–Trinajstić information content (AvgIpc) is 4.51. The number of methoxy groups -OCH3 is 1. The molecule has 1 fully saturated rings. The Kier molecular flexibility index (Phi) is 31.9. The predicted molar refractivity (Wildman–Crippen MR) is 317 cm³/mol. The first-order valence-corrected chi connectivity index (χ1v) is 26.9. The van der Waals surface area contributed by atoms with Gasteiger partial charge >= 0.3 is 0 Å². The van der Waals surface area contributed by atoms with E-state index in [1.165, 1.54) is 54.5 Å². The summed E-state index contributed by atoms with van der Waals surface area (Å²) in [7, 11) is 5.61. The molecule has 5 heterocycles. The minimum absolute atomic E-state index is 0. The molecule has 1 saturated carbocycles. The molecule has 0 aliphatic heterocycles. The van der Waals surface area contributed by atoms with Gasteiger partial charge in [-0.05, 0) is 105 Å². The fraction of sp³-hybridized carbons (Fsp3) is 0.239. The normalized spacial score (nSPS) is 11.2. The van der Waals surface area contributed by atoms with Gasteiger partial charge in [0, 0.05) is 162 Å². The smallest absolute Gasteiger partial charge is 0.235 e. The number of aromatic nitrogens is 10. The van der Waals surface area contributed by atoms with E-state index in [4.69, 9.17) is 4.74 Å². The molecule has 17 heteroatoms. The van der Waals surface area contributed by atoms with Crippen LogP contribution in [0.15, 0.2) is 183 Å².